The first kappa shape index (κ1) is 13.3. The second-order valence-corrected chi connectivity index (χ2v) is 4.36. The van der Waals surface area contributed by atoms with Crippen LogP contribution in [-0.4, -0.2) is 10.7 Å². The van der Waals surface area contributed by atoms with Crippen molar-refractivity contribution in [2.75, 3.05) is 0 Å². The minimum Gasteiger partial charge on any atom is -0.378 e. The minimum atomic E-state index is -0.952. The van der Waals surface area contributed by atoms with Crippen molar-refractivity contribution in [2.45, 2.75) is 25.9 Å². The highest BCUT2D eigenvalue weighted by atomic mass is 16.3. The summed E-state index contributed by atoms with van der Waals surface area (Å²) in [7, 11) is 0. The molecular formula is C16H18O. The molecule has 1 rings (SSSR count). The van der Waals surface area contributed by atoms with E-state index in [9.17, 15) is 5.11 Å². The van der Waals surface area contributed by atoms with E-state index in [-0.39, 0.29) is 0 Å². The fourth-order valence-corrected chi connectivity index (χ4v) is 1.37. The van der Waals surface area contributed by atoms with Crippen LogP contribution < -0.4 is 0 Å². The van der Waals surface area contributed by atoms with Crippen LogP contribution in [0.4, 0.5) is 0 Å². The molecule has 0 unspecified atom stereocenters. The quantitative estimate of drug-likeness (QED) is 0.618. The zero-order valence-electron chi connectivity index (χ0n) is 10.4. The van der Waals surface area contributed by atoms with Gasteiger partial charge in [-0.05, 0) is 37.5 Å². The Kier molecular flexibility index (Phi) is 4.75. The first-order valence-corrected chi connectivity index (χ1v) is 5.63. The number of hydrogen-bond acceptors (Lipinski definition) is 1. The summed E-state index contributed by atoms with van der Waals surface area (Å²) in [6, 6.07) is 10.1. The summed E-state index contributed by atoms with van der Waals surface area (Å²) in [5, 5.41) is 9.51. The summed E-state index contributed by atoms with van der Waals surface area (Å²) in [4.78, 5) is 0. The second-order valence-electron chi connectivity index (χ2n) is 4.36. The van der Waals surface area contributed by atoms with Crippen molar-refractivity contribution in [3.63, 3.8) is 0 Å². The molecular weight excluding hydrogens is 208 g/mol. The van der Waals surface area contributed by atoms with E-state index in [1.54, 1.807) is 13.8 Å². The highest BCUT2D eigenvalue weighted by Crippen LogP contribution is 2.17. The first-order valence-electron chi connectivity index (χ1n) is 5.63. The fraction of sp³-hybridized carbons (Fsp3) is 0.250. The Labute approximate surface area is 103 Å². The number of aliphatic hydroxyl groups is 1. The van der Waals surface area contributed by atoms with Crippen LogP contribution in [0.25, 0.3) is 5.57 Å². The van der Waals surface area contributed by atoms with Gasteiger partial charge in [0, 0.05) is 0 Å². The van der Waals surface area contributed by atoms with Crippen LogP contribution in [0.3, 0.4) is 0 Å². The fourth-order valence-electron chi connectivity index (χ4n) is 1.37. The molecule has 0 saturated heterocycles. The lowest BCUT2D eigenvalue weighted by Crippen LogP contribution is -2.14. The molecule has 17 heavy (non-hydrogen) atoms. The summed E-state index contributed by atoms with van der Waals surface area (Å²) in [6.45, 7) is 7.08. The predicted octanol–water partition coefficient (Wildman–Crippen LogP) is 3.42. The van der Waals surface area contributed by atoms with Gasteiger partial charge >= 0.3 is 0 Å². The lowest BCUT2D eigenvalue weighted by atomic mass is 10.0. The Morgan fingerprint density at radius 2 is 2.00 bits per heavy atom. The molecule has 0 aromatic heterocycles. The molecule has 1 aromatic rings. The average Bonchev–Trinajstić information content (AvgIpc) is 2.27. The van der Waals surface area contributed by atoms with E-state index >= 15 is 0 Å². The third-order valence-corrected chi connectivity index (χ3v) is 2.13. The van der Waals surface area contributed by atoms with Crippen LogP contribution in [0.2, 0.25) is 0 Å². The predicted molar refractivity (Wildman–Crippen MR) is 73.3 cm³/mol. The molecule has 0 spiro atoms. The maximum Gasteiger partial charge on any atom is 0.120 e. The Bertz CT molecular complexity index is 450. The highest BCUT2D eigenvalue weighted by molar-refractivity contribution is 5.69. The van der Waals surface area contributed by atoms with Crippen molar-refractivity contribution in [3.8, 4) is 11.8 Å². The van der Waals surface area contributed by atoms with Gasteiger partial charge in [0.2, 0.25) is 0 Å². The maximum absolute atomic E-state index is 9.51. The molecule has 0 bridgehead atoms. The standard InChI is InChI=1S/C16H18O/c1-4-9-14(12-8-13-16(2,3)17)15-10-6-5-7-11-15/h4-7,10-12,17H,1,9H2,2-3H3/b14-12-. The van der Waals surface area contributed by atoms with E-state index in [2.05, 4.69) is 18.4 Å². The van der Waals surface area contributed by atoms with Crippen LogP contribution in [-0.2, 0) is 0 Å². The molecule has 1 nitrogen and oxygen atoms in total. The van der Waals surface area contributed by atoms with Crippen LogP contribution >= 0.6 is 0 Å². The van der Waals surface area contributed by atoms with Crippen molar-refractivity contribution in [1.29, 1.82) is 0 Å². The number of benzene rings is 1. The van der Waals surface area contributed by atoms with Crippen molar-refractivity contribution >= 4 is 5.57 Å². The monoisotopic (exact) mass is 226 g/mol. The van der Waals surface area contributed by atoms with Crippen molar-refractivity contribution in [1.82, 2.24) is 0 Å². The molecule has 0 heterocycles. The average molecular weight is 226 g/mol. The summed E-state index contributed by atoms with van der Waals surface area (Å²) in [5.41, 5.74) is 1.29. The molecule has 0 fully saturated rings. The largest absolute Gasteiger partial charge is 0.378 e. The van der Waals surface area contributed by atoms with E-state index in [1.807, 2.05) is 42.5 Å². The van der Waals surface area contributed by atoms with Crippen molar-refractivity contribution in [3.05, 3.63) is 54.6 Å². The van der Waals surface area contributed by atoms with E-state index in [0.29, 0.717) is 0 Å². The molecule has 0 aliphatic carbocycles. The second kappa shape index (κ2) is 6.08. The highest BCUT2D eigenvalue weighted by Gasteiger charge is 2.05. The molecule has 0 aliphatic rings. The van der Waals surface area contributed by atoms with Gasteiger partial charge in [-0.3, -0.25) is 0 Å². The van der Waals surface area contributed by atoms with Gasteiger partial charge in [0.15, 0.2) is 0 Å². The normalized spacial score (nSPS) is 11.6. The first-order chi connectivity index (χ1) is 8.03. The SMILES string of the molecule is C=CC/C(=C/C#CC(C)(C)O)c1ccccc1. The molecule has 0 saturated carbocycles. The zero-order valence-corrected chi connectivity index (χ0v) is 10.4. The van der Waals surface area contributed by atoms with Gasteiger partial charge in [-0.15, -0.1) is 6.58 Å². The van der Waals surface area contributed by atoms with Gasteiger partial charge in [-0.25, -0.2) is 0 Å². The van der Waals surface area contributed by atoms with Gasteiger partial charge in [0.05, 0.1) is 0 Å². The Morgan fingerprint density at radius 3 is 2.53 bits per heavy atom. The third kappa shape index (κ3) is 5.19. The van der Waals surface area contributed by atoms with Crippen LogP contribution in [0.5, 0.6) is 0 Å². The summed E-state index contributed by atoms with van der Waals surface area (Å²) in [5.74, 6) is 5.67. The summed E-state index contributed by atoms with van der Waals surface area (Å²) >= 11 is 0. The number of hydrogen-bond donors (Lipinski definition) is 1. The Balaban J connectivity index is 2.97. The van der Waals surface area contributed by atoms with Crippen molar-refractivity contribution < 1.29 is 5.11 Å². The molecule has 1 aromatic carbocycles. The molecule has 1 N–H and O–H groups in total. The van der Waals surface area contributed by atoms with Gasteiger partial charge < -0.3 is 5.11 Å². The van der Waals surface area contributed by atoms with E-state index in [4.69, 9.17) is 0 Å². The number of allylic oxidation sites excluding steroid dienone is 3. The minimum absolute atomic E-state index is 0.768. The van der Waals surface area contributed by atoms with E-state index < -0.39 is 5.60 Å². The van der Waals surface area contributed by atoms with Gasteiger partial charge in [-0.1, -0.05) is 48.2 Å². The Morgan fingerprint density at radius 1 is 1.35 bits per heavy atom. The van der Waals surface area contributed by atoms with Crippen LogP contribution in [0, 0.1) is 11.8 Å². The Hall–Kier alpha value is -1.78. The van der Waals surface area contributed by atoms with E-state index in [1.165, 1.54) is 0 Å². The van der Waals surface area contributed by atoms with E-state index in [0.717, 1.165) is 17.6 Å². The molecule has 88 valence electrons. The number of rotatable bonds is 3. The van der Waals surface area contributed by atoms with Gasteiger partial charge in [-0.2, -0.15) is 0 Å². The lowest BCUT2D eigenvalue weighted by molar-refractivity contribution is 0.143. The summed E-state index contributed by atoms with van der Waals surface area (Å²) in [6.07, 6.45) is 4.46. The van der Waals surface area contributed by atoms with Crippen molar-refractivity contribution in [2.24, 2.45) is 0 Å². The summed E-state index contributed by atoms with van der Waals surface area (Å²) < 4.78 is 0. The topological polar surface area (TPSA) is 20.2 Å². The molecule has 0 aliphatic heterocycles. The lowest BCUT2D eigenvalue weighted by Gasteiger charge is -2.06. The molecule has 0 amide bonds. The van der Waals surface area contributed by atoms with Crippen LogP contribution in [0.1, 0.15) is 25.8 Å². The molecule has 0 radical (unpaired) electrons. The van der Waals surface area contributed by atoms with Crippen LogP contribution in [0.15, 0.2) is 49.1 Å². The van der Waals surface area contributed by atoms with Gasteiger partial charge in [0.25, 0.3) is 0 Å². The molecule has 1 heteroatoms. The third-order valence-electron chi connectivity index (χ3n) is 2.13. The maximum atomic E-state index is 9.51. The molecule has 0 atom stereocenters. The van der Waals surface area contributed by atoms with Gasteiger partial charge in [0.1, 0.15) is 5.60 Å². The zero-order chi connectivity index (χ0) is 12.7. The smallest absolute Gasteiger partial charge is 0.120 e.